The molecule has 1 N–H and O–H groups in total. The Kier molecular flexibility index (Phi) is 4.93. The summed E-state index contributed by atoms with van der Waals surface area (Å²) in [5, 5.41) is 14.5. The molecule has 1 fully saturated rings. The number of rotatable bonds is 5. The van der Waals surface area contributed by atoms with Crippen LogP contribution >= 0.6 is 0 Å². The van der Waals surface area contributed by atoms with Crippen LogP contribution in [-0.2, 0) is 0 Å². The number of nitro groups is 1. The molecule has 1 atom stereocenters. The molecule has 1 aromatic heterocycles. The van der Waals surface area contributed by atoms with E-state index in [9.17, 15) is 10.1 Å². The number of aryl methyl sites for hydroxylation is 1. The maximum absolute atomic E-state index is 11.4. The van der Waals surface area contributed by atoms with Crippen molar-refractivity contribution >= 4 is 17.5 Å². The van der Waals surface area contributed by atoms with Gasteiger partial charge in [-0.05, 0) is 39.5 Å². The molecule has 1 aliphatic heterocycles. The van der Waals surface area contributed by atoms with E-state index >= 15 is 0 Å². The number of aromatic nitrogens is 2. The highest BCUT2D eigenvalue weighted by molar-refractivity contribution is 5.63. The largest absolute Gasteiger partial charge is 0.354 e. The molecule has 7 nitrogen and oxygen atoms in total. The zero-order chi connectivity index (χ0) is 15.4. The summed E-state index contributed by atoms with van der Waals surface area (Å²) < 4.78 is 0. The summed E-state index contributed by atoms with van der Waals surface area (Å²) >= 11 is 0. The lowest BCUT2D eigenvalue weighted by Crippen LogP contribution is -2.40. The van der Waals surface area contributed by atoms with Gasteiger partial charge in [0.05, 0.1) is 4.92 Å². The molecule has 2 rings (SSSR count). The second kappa shape index (κ2) is 6.69. The van der Waals surface area contributed by atoms with Crippen LogP contribution in [0.2, 0.25) is 0 Å². The summed E-state index contributed by atoms with van der Waals surface area (Å²) in [5.41, 5.74) is 0.457. The molecule has 0 radical (unpaired) electrons. The normalized spacial score (nSPS) is 18.6. The van der Waals surface area contributed by atoms with Gasteiger partial charge >= 0.3 is 5.69 Å². The Hall–Kier alpha value is -1.92. The second-order valence-corrected chi connectivity index (χ2v) is 5.34. The van der Waals surface area contributed by atoms with Gasteiger partial charge in [0.2, 0.25) is 11.8 Å². The second-order valence-electron chi connectivity index (χ2n) is 5.34. The zero-order valence-electron chi connectivity index (χ0n) is 12.9. The van der Waals surface area contributed by atoms with Crippen molar-refractivity contribution in [3.8, 4) is 0 Å². The molecule has 2 heterocycles. The Labute approximate surface area is 124 Å². The third kappa shape index (κ3) is 3.22. The Balaban J connectivity index is 2.49. The highest BCUT2D eigenvalue weighted by Gasteiger charge is 2.31. The van der Waals surface area contributed by atoms with Gasteiger partial charge in [0, 0.05) is 19.1 Å². The number of anilines is 2. The van der Waals surface area contributed by atoms with Crippen molar-refractivity contribution in [1.82, 2.24) is 9.97 Å². The van der Waals surface area contributed by atoms with E-state index in [-0.39, 0.29) is 10.6 Å². The van der Waals surface area contributed by atoms with Gasteiger partial charge in [-0.2, -0.15) is 4.98 Å². The third-order valence-corrected chi connectivity index (χ3v) is 3.93. The third-order valence-electron chi connectivity index (χ3n) is 3.93. The molecule has 0 aliphatic carbocycles. The van der Waals surface area contributed by atoms with Crippen molar-refractivity contribution in [2.24, 2.45) is 0 Å². The predicted octanol–water partition coefficient (Wildman–Crippen LogP) is 2.89. The van der Waals surface area contributed by atoms with E-state index in [0.29, 0.717) is 30.0 Å². The van der Waals surface area contributed by atoms with Crippen molar-refractivity contribution < 1.29 is 4.92 Å². The van der Waals surface area contributed by atoms with E-state index in [1.165, 1.54) is 6.42 Å². The summed E-state index contributed by atoms with van der Waals surface area (Å²) in [7, 11) is 0. The molecule has 0 aromatic carbocycles. The van der Waals surface area contributed by atoms with Crippen molar-refractivity contribution in [3.05, 3.63) is 15.8 Å². The van der Waals surface area contributed by atoms with Crippen molar-refractivity contribution in [3.63, 3.8) is 0 Å². The number of hydrogen-bond acceptors (Lipinski definition) is 6. The van der Waals surface area contributed by atoms with E-state index in [1.54, 1.807) is 6.92 Å². The molecule has 116 valence electrons. The molecule has 1 aromatic rings. The molecule has 0 saturated carbocycles. The fourth-order valence-corrected chi connectivity index (χ4v) is 2.91. The number of hydrogen-bond donors (Lipinski definition) is 1. The van der Waals surface area contributed by atoms with Crippen LogP contribution in [0.1, 0.15) is 45.2 Å². The standard InChI is InChI=1S/C14H23N5O2/c1-4-11-8-6-7-9-18(11)13-12(19(20)21)10(3)16-14(17-13)15-5-2/h11H,4-9H2,1-3H3,(H,15,16,17). The highest BCUT2D eigenvalue weighted by Crippen LogP contribution is 2.34. The van der Waals surface area contributed by atoms with Crippen LogP contribution in [0.4, 0.5) is 17.5 Å². The molecule has 0 bridgehead atoms. The fraction of sp³-hybridized carbons (Fsp3) is 0.714. The Morgan fingerprint density at radius 3 is 2.76 bits per heavy atom. The lowest BCUT2D eigenvalue weighted by Gasteiger charge is -2.35. The van der Waals surface area contributed by atoms with E-state index in [4.69, 9.17) is 0 Å². The van der Waals surface area contributed by atoms with Crippen LogP contribution in [0.5, 0.6) is 0 Å². The SMILES string of the molecule is CCNc1nc(C)c([N+](=O)[O-])c(N2CCCCC2CC)n1. The Morgan fingerprint density at radius 1 is 1.38 bits per heavy atom. The number of nitrogens with one attached hydrogen (secondary N) is 1. The lowest BCUT2D eigenvalue weighted by molar-refractivity contribution is -0.385. The summed E-state index contributed by atoms with van der Waals surface area (Å²) in [6.07, 6.45) is 4.25. The first-order valence-electron chi connectivity index (χ1n) is 7.62. The average Bonchev–Trinajstić information content (AvgIpc) is 2.46. The van der Waals surface area contributed by atoms with Gasteiger partial charge in [-0.15, -0.1) is 0 Å². The molecule has 1 unspecified atom stereocenters. The van der Waals surface area contributed by atoms with Gasteiger partial charge in [0.25, 0.3) is 0 Å². The quantitative estimate of drug-likeness (QED) is 0.663. The predicted molar refractivity (Wildman–Crippen MR) is 82.9 cm³/mol. The first kappa shape index (κ1) is 15.5. The van der Waals surface area contributed by atoms with Crippen molar-refractivity contribution in [2.75, 3.05) is 23.3 Å². The minimum absolute atomic E-state index is 0.0389. The fourth-order valence-electron chi connectivity index (χ4n) is 2.91. The molecule has 21 heavy (non-hydrogen) atoms. The molecular weight excluding hydrogens is 270 g/mol. The monoisotopic (exact) mass is 293 g/mol. The highest BCUT2D eigenvalue weighted by atomic mass is 16.6. The van der Waals surface area contributed by atoms with Crippen LogP contribution in [0.15, 0.2) is 0 Å². The summed E-state index contributed by atoms with van der Waals surface area (Å²) in [6.45, 7) is 7.26. The van der Waals surface area contributed by atoms with E-state index in [2.05, 4.69) is 27.1 Å². The van der Waals surface area contributed by atoms with E-state index in [1.807, 2.05) is 6.92 Å². The first-order chi connectivity index (χ1) is 10.1. The summed E-state index contributed by atoms with van der Waals surface area (Å²) in [6, 6.07) is 0.321. The van der Waals surface area contributed by atoms with Gasteiger partial charge < -0.3 is 10.2 Å². The van der Waals surface area contributed by atoms with Gasteiger partial charge in [-0.25, -0.2) is 4.98 Å². The molecule has 1 aliphatic rings. The molecule has 1 saturated heterocycles. The minimum Gasteiger partial charge on any atom is -0.354 e. The molecule has 0 spiro atoms. The molecular formula is C14H23N5O2. The Morgan fingerprint density at radius 2 is 2.14 bits per heavy atom. The Bertz CT molecular complexity index is 520. The maximum Gasteiger partial charge on any atom is 0.332 e. The van der Waals surface area contributed by atoms with Gasteiger partial charge in [-0.1, -0.05) is 6.92 Å². The smallest absolute Gasteiger partial charge is 0.332 e. The van der Waals surface area contributed by atoms with E-state index in [0.717, 1.165) is 25.8 Å². The zero-order valence-corrected chi connectivity index (χ0v) is 12.9. The van der Waals surface area contributed by atoms with Gasteiger partial charge in [-0.3, -0.25) is 10.1 Å². The number of nitrogens with zero attached hydrogens (tertiary/aromatic N) is 4. The van der Waals surface area contributed by atoms with Crippen LogP contribution in [-0.4, -0.2) is 34.0 Å². The van der Waals surface area contributed by atoms with Gasteiger partial charge in [0.15, 0.2) is 0 Å². The van der Waals surface area contributed by atoms with Gasteiger partial charge in [0.1, 0.15) is 5.69 Å². The summed E-state index contributed by atoms with van der Waals surface area (Å²) in [5.74, 6) is 0.936. The molecule has 7 heteroatoms. The average molecular weight is 293 g/mol. The summed E-state index contributed by atoms with van der Waals surface area (Å²) in [4.78, 5) is 21.8. The van der Waals surface area contributed by atoms with Crippen molar-refractivity contribution in [1.29, 1.82) is 0 Å². The first-order valence-corrected chi connectivity index (χ1v) is 7.62. The van der Waals surface area contributed by atoms with Crippen LogP contribution in [0, 0.1) is 17.0 Å². The number of piperidine rings is 1. The van der Waals surface area contributed by atoms with Crippen LogP contribution in [0.3, 0.4) is 0 Å². The van der Waals surface area contributed by atoms with Crippen LogP contribution < -0.4 is 10.2 Å². The molecule has 0 amide bonds. The minimum atomic E-state index is -0.359. The lowest BCUT2D eigenvalue weighted by atomic mass is 10.00. The van der Waals surface area contributed by atoms with Crippen molar-refractivity contribution in [2.45, 2.75) is 52.5 Å². The topological polar surface area (TPSA) is 84.2 Å². The van der Waals surface area contributed by atoms with E-state index < -0.39 is 0 Å². The maximum atomic E-state index is 11.4. The van der Waals surface area contributed by atoms with Crippen LogP contribution in [0.25, 0.3) is 0 Å².